The van der Waals surface area contributed by atoms with Crippen LogP contribution in [-0.2, 0) is 27.2 Å². The van der Waals surface area contributed by atoms with Gasteiger partial charge in [0.2, 0.25) is 5.91 Å². The van der Waals surface area contributed by atoms with E-state index in [9.17, 15) is 14.4 Å². The molecule has 198 valence electrons. The van der Waals surface area contributed by atoms with Gasteiger partial charge in [0.25, 0.3) is 11.8 Å². The molecule has 3 amide bonds. The number of methoxy groups -OCH3 is 1. The van der Waals surface area contributed by atoms with Gasteiger partial charge in [-0.15, -0.1) is 0 Å². The van der Waals surface area contributed by atoms with E-state index in [1.165, 1.54) is 4.90 Å². The zero-order valence-corrected chi connectivity index (χ0v) is 23.0. The van der Waals surface area contributed by atoms with E-state index < -0.39 is 0 Å². The van der Waals surface area contributed by atoms with Crippen molar-refractivity contribution in [1.82, 2.24) is 10.2 Å². The summed E-state index contributed by atoms with van der Waals surface area (Å²) in [6.07, 6.45) is 1.31. The Morgan fingerprint density at radius 1 is 0.872 bits per heavy atom. The van der Waals surface area contributed by atoms with Gasteiger partial charge in [0.15, 0.2) is 0 Å². The molecule has 7 nitrogen and oxygen atoms in total. The highest BCUT2D eigenvalue weighted by molar-refractivity contribution is 8.26. The molecule has 0 aromatic heterocycles. The Kier molecular flexibility index (Phi) is 8.09. The topological polar surface area (TPSA) is 79.0 Å². The highest BCUT2D eigenvalue weighted by Gasteiger charge is 2.42. The number of amides is 3. The Labute approximate surface area is 236 Å². The number of thiocarbonyl (C=S) groups is 1. The Balaban J connectivity index is 1.30. The van der Waals surface area contributed by atoms with Crippen LogP contribution >= 0.6 is 24.0 Å². The van der Waals surface area contributed by atoms with Crippen molar-refractivity contribution < 1.29 is 19.1 Å². The predicted octanol–water partition coefficient (Wildman–Crippen LogP) is 4.21. The molecule has 5 rings (SSSR count). The molecule has 39 heavy (non-hydrogen) atoms. The van der Waals surface area contributed by atoms with Gasteiger partial charge in [-0.25, -0.2) is 0 Å². The molecule has 0 saturated carbocycles. The number of para-hydroxylation sites is 1. The van der Waals surface area contributed by atoms with Gasteiger partial charge >= 0.3 is 0 Å². The molecule has 0 radical (unpaired) electrons. The summed E-state index contributed by atoms with van der Waals surface area (Å²) in [6.45, 7) is 0.731. The number of hydrogen-bond donors (Lipinski definition) is 1. The first kappa shape index (κ1) is 26.6. The summed E-state index contributed by atoms with van der Waals surface area (Å²) in [5.41, 5.74) is 3.71. The molecule has 9 heteroatoms. The first-order valence-corrected chi connectivity index (χ1v) is 13.8. The van der Waals surface area contributed by atoms with E-state index in [-0.39, 0.29) is 24.3 Å². The fourth-order valence-corrected chi connectivity index (χ4v) is 6.00. The van der Waals surface area contributed by atoms with Crippen LogP contribution in [0.2, 0.25) is 0 Å². The molecule has 0 atom stereocenters. The number of benzene rings is 3. The van der Waals surface area contributed by atoms with Crippen LogP contribution < -0.4 is 15.0 Å². The second kappa shape index (κ2) is 11.8. The summed E-state index contributed by atoms with van der Waals surface area (Å²) in [7, 11) is 1.62. The van der Waals surface area contributed by atoms with E-state index in [0.717, 1.165) is 28.6 Å². The SMILES string of the molecule is COc1ccc(CCN2C(=O)/C(=C3/C(=O)N(CC(=O)NCCc4ccccc4)c4ccccc43)SC2=S)cc1. The first-order valence-electron chi connectivity index (χ1n) is 12.6. The maximum Gasteiger partial charge on any atom is 0.267 e. The van der Waals surface area contributed by atoms with Gasteiger partial charge in [-0.2, -0.15) is 0 Å². The Morgan fingerprint density at radius 3 is 2.31 bits per heavy atom. The first-order chi connectivity index (χ1) is 19.0. The summed E-state index contributed by atoms with van der Waals surface area (Å²) in [6, 6.07) is 24.8. The summed E-state index contributed by atoms with van der Waals surface area (Å²) < 4.78 is 5.62. The van der Waals surface area contributed by atoms with Crippen molar-refractivity contribution in [1.29, 1.82) is 0 Å². The molecular formula is C30H27N3O4S2. The molecule has 2 aliphatic heterocycles. The molecule has 0 spiro atoms. The van der Waals surface area contributed by atoms with E-state index in [2.05, 4.69) is 5.32 Å². The molecule has 1 saturated heterocycles. The summed E-state index contributed by atoms with van der Waals surface area (Å²) in [4.78, 5) is 43.2. The number of ether oxygens (including phenoxy) is 1. The molecule has 0 unspecified atom stereocenters. The van der Waals surface area contributed by atoms with E-state index in [0.29, 0.717) is 52.0 Å². The van der Waals surface area contributed by atoms with E-state index in [1.807, 2.05) is 66.7 Å². The maximum atomic E-state index is 13.6. The minimum atomic E-state index is -0.370. The van der Waals surface area contributed by atoms with Gasteiger partial charge in [0.05, 0.1) is 23.3 Å². The van der Waals surface area contributed by atoms with Crippen molar-refractivity contribution in [3.8, 4) is 5.75 Å². The number of nitrogens with zero attached hydrogens (tertiary/aromatic N) is 2. The molecule has 0 aliphatic carbocycles. The van der Waals surface area contributed by atoms with Crippen LogP contribution in [0, 0.1) is 0 Å². The van der Waals surface area contributed by atoms with E-state index in [4.69, 9.17) is 17.0 Å². The third kappa shape index (κ3) is 5.74. The van der Waals surface area contributed by atoms with Gasteiger partial charge in [-0.05, 0) is 42.2 Å². The maximum absolute atomic E-state index is 13.6. The van der Waals surface area contributed by atoms with Crippen molar-refractivity contribution in [3.05, 3.63) is 100 Å². The Bertz CT molecular complexity index is 1450. The second-order valence-electron chi connectivity index (χ2n) is 9.12. The summed E-state index contributed by atoms with van der Waals surface area (Å²) in [5, 5.41) is 2.90. The van der Waals surface area contributed by atoms with Crippen LogP contribution in [0.4, 0.5) is 5.69 Å². The zero-order chi connectivity index (χ0) is 27.4. The Hall–Kier alpha value is -3.95. The van der Waals surface area contributed by atoms with Gasteiger partial charge in [0, 0.05) is 18.7 Å². The molecule has 2 heterocycles. The van der Waals surface area contributed by atoms with E-state index >= 15 is 0 Å². The lowest BCUT2D eigenvalue weighted by atomic mass is 10.1. The highest BCUT2D eigenvalue weighted by atomic mass is 32.2. The smallest absolute Gasteiger partial charge is 0.267 e. The van der Waals surface area contributed by atoms with Crippen LogP contribution in [0.15, 0.2) is 83.8 Å². The molecule has 1 fully saturated rings. The van der Waals surface area contributed by atoms with Gasteiger partial charge in [-0.3, -0.25) is 24.2 Å². The minimum absolute atomic E-state index is 0.133. The second-order valence-corrected chi connectivity index (χ2v) is 10.8. The van der Waals surface area contributed by atoms with Crippen LogP contribution in [0.1, 0.15) is 16.7 Å². The largest absolute Gasteiger partial charge is 0.497 e. The number of carbonyl (C=O) groups is 3. The van der Waals surface area contributed by atoms with Gasteiger partial charge in [-0.1, -0.05) is 84.6 Å². The van der Waals surface area contributed by atoms with Crippen molar-refractivity contribution in [3.63, 3.8) is 0 Å². The quantitative estimate of drug-likeness (QED) is 0.314. The average molecular weight is 558 g/mol. The zero-order valence-electron chi connectivity index (χ0n) is 21.4. The van der Waals surface area contributed by atoms with Crippen LogP contribution in [0.3, 0.4) is 0 Å². The third-order valence-electron chi connectivity index (χ3n) is 6.66. The third-order valence-corrected chi connectivity index (χ3v) is 8.11. The number of hydrogen-bond acceptors (Lipinski definition) is 6. The lowest BCUT2D eigenvalue weighted by Crippen LogP contribution is -2.39. The normalized spacial score (nSPS) is 16.6. The van der Waals surface area contributed by atoms with Gasteiger partial charge < -0.3 is 10.1 Å². The molecule has 1 N–H and O–H groups in total. The van der Waals surface area contributed by atoms with Crippen molar-refractivity contribution in [2.75, 3.05) is 31.6 Å². The standard InChI is InChI=1S/C30H27N3O4S2/c1-37-22-13-11-21(12-14-22)16-18-32-29(36)27(39-30(32)38)26-23-9-5-6-10-24(23)33(28(26)35)19-25(34)31-17-15-20-7-3-2-4-8-20/h2-14H,15-19H2,1H3,(H,31,34)/b27-26-. The minimum Gasteiger partial charge on any atom is -0.497 e. The highest BCUT2D eigenvalue weighted by Crippen LogP contribution is 2.44. The monoisotopic (exact) mass is 557 g/mol. The fraction of sp³-hybridized carbons (Fsp3) is 0.200. The van der Waals surface area contributed by atoms with Crippen molar-refractivity contribution >= 4 is 57.3 Å². The van der Waals surface area contributed by atoms with Crippen molar-refractivity contribution in [2.45, 2.75) is 12.8 Å². The number of thioether (sulfide) groups is 1. The van der Waals surface area contributed by atoms with Crippen LogP contribution in [0.5, 0.6) is 5.75 Å². The lowest BCUT2D eigenvalue weighted by molar-refractivity contribution is -0.122. The molecule has 3 aromatic carbocycles. The number of fused-ring (bicyclic) bond motifs is 1. The lowest BCUT2D eigenvalue weighted by Gasteiger charge is -2.17. The van der Waals surface area contributed by atoms with Crippen LogP contribution in [-0.4, -0.2) is 53.7 Å². The van der Waals surface area contributed by atoms with Crippen LogP contribution in [0.25, 0.3) is 5.57 Å². The molecular weight excluding hydrogens is 530 g/mol. The number of carbonyl (C=O) groups excluding carboxylic acids is 3. The Morgan fingerprint density at radius 2 is 1.56 bits per heavy atom. The summed E-state index contributed by atoms with van der Waals surface area (Å²) in [5.74, 6) is -0.153. The summed E-state index contributed by atoms with van der Waals surface area (Å²) >= 11 is 6.67. The number of nitrogens with one attached hydrogen (secondary N) is 1. The van der Waals surface area contributed by atoms with E-state index in [1.54, 1.807) is 24.1 Å². The number of anilines is 1. The molecule has 3 aromatic rings. The van der Waals surface area contributed by atoms with Gasteiger partial charge in [0.1, 0.15) is 16.6 Å². The fourth-order valence-electron chi connectivity index (χ4n) is 4.62. The average Bonchev–Trinajstić information content (AvgIpc) is 3.39. The molecule has 2 aliphatic rings. The van der Waals surface area contributed by atoms with Crippen molar-refractivity contribution in [2.24, 2.45) is 0 Å². The molecule has 0 bridgehead atoms. The number of rotatable bonds is 9. The predicted molar refractivity (Wildman–Crippen MR) is 157 cm³/mol.